The highest BCUT2D eigenvalue weighted by atomic mass is 19.1. The number of aryl methyl sites for hydroxylation is 1. The molecule has 0 amide bonds. The first kappa shape index (κ1) is 11.7. The van der Waals surface area contributed by atoms with Gasteiger partial charge in [0, 0.05) is 24.7 Å². The van der Waals surface area contributed by atoms with E-state index in [4.69, 9.17) is 5.73 Å². The van der Waals surface area contributed by atoms with Crippen molar-refractivity contribution in [1.29, 1.82) is 0 Å². The van der Waals surface area contributed by atoms with Crippen molar-refractivity contribution in [2.24, 2.45) is 12.8 Å². The van der Waals surface area contributed by atoms with Crippen LogP contribution in [0.25, 0.3) is 11.3 Å². The van der Waals surface area contributed by atoms with E-state index < -0.39 is 11.6 Å². The lowest BCUT2D eigenvalue weighted by Crippen LogP contribution is -2.06. The third kappa shape index (κ3) is 2.34. The van der Waals surface area contributed by atoms with Gasteiger partial charge >= 0.3 is 0 Å². The van der Waals surface area contributed by atoms with Crippen LogP contribution in [0.3, 0.4) is 0 Å². The summed E-state index contributed by atoms with van der Waals surface area (Å²) in [5, 5.41) is 4.16. The van der Waals surface area contributed by atoms with Gasteiger partial charge in [0.05, 0.1) is 5.69 Å². The van der Waals surface area contributed by atoms with Crippen molar-refractivity contribution in [2.75, 3.05) is 6.54 Å². The zero-order valence-corrected chi connectivity index (χ0v) is 9.45. The first-order chi connectivity index (χ1) is 8.11. The van der Waals surface area contributed by atoms with E-state index in [9.17, 15) is 8.78 Å². The summed E-state index contributed by atoms with van der Waals surface area (Å²) in [4.78, 5) is 0. The van der Waals surface area contributed by atoms with E-state index in [1.165, 1.54) is 0 Å². The van der Waals surface area contributed by atoms with E-state index in [1.807, 2.05) is 0 Å². The van der Waals surface area contributed by atoms with E-state index in [1.54, 1.807) is 17.8 Å². The van der Waals surface area contributed by atoms with Gasteiger partial charge < -0.3 is 5.73 Å². The highest BCUT2D eigenvalue weighted by Crippen LogP contribution is 2.23. The lowest BCUT2D eigenvalue weighted by molar-refractivity contribution is 0.602. The molecule has 3 nitrogen and oxygen atoms in total. The third-order valence-corrected chi connectivity index (χ3v) is 2.58. The van der Waals surface area contributed by atoms with Crippen LogP contribution in [0.15, 0.2) is 24.3 Å². The summed E-state index contributed by atoms with van der Waals surface area (Å²) in [6.45, 7) is 0.491. The predicted molar refractivity (Wildman–Crippen MR) is 61.3 cm³/mol. The summed E-state index contributed by atoms with van der Waals surface area (Å²) in [7, 11) is 1.76. The maximum atomic E-state index is 13.5. The van der Waals surface area contributed by atoms with Gasteiger partial charge in [0.1, 0.15) is 11.6 Å². The predicted octanol–water partition coefficient (Wildman–Crippen LogP) is 1.87. The smallest absolute Gasteiger partial charge is 0.132 e. The van der Waals surface area contributed by atoms with E-state index in [2.05, 4.69) is 5.10 Å². The molecule has 1 heterocycles. The number of nitrogens with two attached hydrogens (primary N) is 1. The summed E-state index contributed by atoms with van der Waals surface area (Å²) in [6.07, 6.45) is 0.653. The van der Waals surface area contributed by atoms with Gasteiger partial charge in [0.25, 0.3) is 0 Å². The minimum Gasteiger partial charge on any atom is -0.330 e. The molecule has 1 aromatic carbocycles. The molecule has 0 fully saturated rings. The molecule has 17 heavy (non-hydrogen) atoms. The van der Waals surface area contributed by atoms with E-state index in [-0.39, 0.29) is 5.56 Å². The van der Waals surface area contributed by atoms with Gasteiger partial charge in [0.2, 0.25) is 0 Å². The molecule has 0 aliphatic carbocycles. The van der Waals surface area contributed by atoms with Crippen LogP contribution in [-0.2, 0) is 13.5 Å². The molecule has 90 valence electrons. The monoisotopic (exact) mass is 237 g/mol. The van der Waals surface area contributed by atoms with Crippen molar-refractivity contribution >= 4 is 0 Å². The number of halogens is 2. The Morgan fingerprint density at radius 2 is 2.06 bits per heavy atom. The maximum Gasteiger partial charge on any atom is 0.132 e. The van der Waals surface area contributed by atoms with Crippen LogP contribution in [0.5, 0.6) is 0 Å². The van der Waals surface area contributed by atoms with Gasteiger partial charge in [-0.25, -0.2) is 8.78 Å². The normalized spacial score (nSPS) is 10.8. The highest BCUT2D eigenvalue weighted by molar-refractivity contribution is 5.60. The highest BCUT2D eigenvalue weighted by Gasteiger charge is 2.11. The van der Waals surface area contributed by atoms with Crippen molar-refractivity contribution in [1.82, 2.24) is 9.78 Å². The fourth-order valence-corrected chi connectivity index (χ4v) is 1.71. The van der Waals surface area contributed by atoms with Crippen LogP contribution in [0.1, 0.15) is 5.69 Å². The molecule has 0 saturated heterocycles. The Morgan fingerprint density at radius 1 is 1.29 bits per heavy atom. The Labute approximate surface area is 97.9 Å². The minimum atomic E-state index is -0.483. The van der Waals surface area contributed by atoms with Crippen molar-refractivity contribution in [2.45, 2.75) is 6.42 Å². The van der Waals surface area contributed by atoms with Crippen molar-refractivity contribution in [3.8, 4) is 11.3 Å². The molecule has 2 rings (SSSR count). The molecule has 0 radical (unpaired) electrons. The van der Waals surface area contributed by atoms with Crippen molar-refractivity contribution < 1.29 is 8.78 Å². The molecule has 0 saturated carbocycles. The number of hydrogen-bond donors (Lipinski definition) is 1. The van der Waals surface area contributed by atoms with Gasteiger partial charge in [-0.2, -0.15) is 5.10 Å². The summed E-state index contributed by atoms with van der Waals surface area (Å²) in [5.74, 6) is -0.962. The minimum absolute atomic E-state index is 0.170. The maximum absolute atomic E-state index is 13.5. The summed E-state index contributed by atoms with van der Waals surface area (Å²) < 4.78 is 28.2. The summed E-state index contributed by atoms with van der Waals surface area (Å²) >= 11 is 0. The molecule has 0 atom stereocenters. The molecule has 0 aliphatic rings. The molecular formula is C12H13F2N3. The average Bonchev–Trinajstić information content (AvgIpc) is 2.64. The second-order valence-electron chi connectivity index (χ2n) is 3.81. The number of nitrogens with zero attached hydrogens (tertiary/aromatic N) is 2. The standard InChI is InChI=1S/C12H13F2N3/c1-17-9(4-5-15)7-12(16-17)10-6-8(13)2-3-11(10)14/h2-3,6-7H,4-5,15H2,1H3. The van der Waals surface area contributed by atoms with Crippen LogP contribution in [-0.4, -0.2) is 16.3 Å². The van der Waals surface area contributed by atoms with E-state index >= 15 is 0 Å². The molecule has 0 spiro atoms. The van der Waals surface area contributed by atoms with Crippen LogP contribution in [0, 0.1) is 11.6 Å². The number of hydrogen-bond acceptors (Lipinski definition) is 2. The molecule has 2 N–H and O–H groups in total. The molecule has 1 aromatic heterocycles. The Balaban J connectivity index is 2.45. The zero-order chi connectivity index (χ0) is 12.4. The molecule has 0 unspecified atom stereocenters. The number of aromatic nitrogens is 2. The lowest BCUT2D eigenvalue weighted by Gasteiger charge is -1.98. The third-order valence-electron chi connectivity index (χ3n) is 2.58. The van der Waals surface area contributed by atoms with Gasteiger partial charge in [-0.15, -0.1) is 0 Å². The van der Waals surface area contributed by atoms with Crippen LogP contribution in [0.4, 0.5) is 8.78 Å². The van der Waals surface area contributed by atoms with E-state index in [0.717, 1.165) is 23.9 Å². The van der Waals surface area contributed by atoms with Crippen molar-refractivity contribution in [3.63, 3.8) is 0 Å². The molecule has 5 heteroatoms. The molecular weight excluding hydrogens is 224 g/mol. The molecule has 0 aliphatic heterocycles. The summed E-state index contributed by atoms with van der Waals surface area (Å²) in [5.41, 5.74) is 6.95. The fraction of sp³-hybridized carbons (Fsp3) is 0.250. The van der Waals surface area contributed by atoms with Gasteiger partial charge in [-0.3, -0.25) is 4.68 Å². The molecule has 2 aromatic rings. The Morgan fingerprint density at radius 3 is 2.76 bits per heavy atom. The Bertz CT molecular complexity index is 535. The number of benzene rings is 1. The first-order valence-corrected chi connectivity index (χ1v) is 5.30. The van der Waals surface area contributed by atoms with Crippen LogP contribution < -0.4 is 5.73 Å². The van der Waals surface area contributed by atoms with Crippen LogP contribution in [0.2, 0.25) is 0 Å². The van der Waals surface area contributed by atoms with Crippen LogP contribution >= 0.6 is 0 Å². The Kier molecular flexibility index (Phi) is 3.19. The number of rotatable bonds is 3. The van der Waals surface area contributed by atoms with Gasteiger partial charge in [-0.1, -0.05) is 0 Å². The fourth-order valence-electron chi connectivity index (χ4n) is 1.71. The SMILES string of the molecule is Cn1nc(-c2cc(F)ccc2F)cc1CCN. The van der Waals surface area contributed by atoms with Gasteiger partial charge in [0.15, 0.2) is 0 Å². The summed E-state index contributed by atoms with van der Waals surface area (Å²) in [6, 6.07) is 5.05. The van der Waals surface area contributed by atoms with E-state index in [0.29, 0.717) is 18.7 Å². The second-order valence-corrected chi connectivity index (χ2v) is 3.81. The Hall–Kier alpha value is -1.75. The van der Waals surface area contributed by atoms with Gasteiger partial charge in [-0.05, 0) is 30.8 Å². The largest absolute Gasteiger partial charge is 0.330 e. The second kappa shape index (κ2) is 4.63. The average molecular weight is 237 g/mol. The lowest BCUT2D eigenvalue weighted by atomic mass is 10.1. The topological polar surface area (TPSA) is 43.8 Å². The van der Waals surface area contributed by atoms with Crippen molar-refractivity contribution in [3.05, 3.63) is 41.6 Å². The zero-order valence-electron chi connectivity index (χ0n) is 9.45. The first-order valence-electron chi connectivity index (χ1n) is 5.30. The quantitative estimate of drug-likeness (QED) is 0.885. The molecule has 0 bridgehead atoms.